The lowest BCUT2D eigenvalue weighted by molar-refractivity contribution is 0.394. The van der Waals surface area contributed by atoms with Crippen LogP contribution in [0.25, 0.3) is 0 Å². The molecule has 0 saturated heterocycles. The molecule has 0 atom stereocenters. The SMILES string of the molecule is CCc1cccc(CC)c1Nc1ncc(Br)c(OC)n1. The lowest BCUT2D eigenvalue weighted by atomic mass is 10.0. The van der Waals surface area contributed by atoms with Crippen LogP contribution in [0.5, 0.6) is 5.88 Å². The summed E-state index contributed by atoms with van der Waals surface area (Å²) in [5, 5.41) is 3.32. The van der Waals surface area contributed by atoms with Crippen LogP contribution < -0.4 is 10.1 Å². The maximum atomic E-state index is 5.20. The van der Waals surface area contributed by atoms with Crippen molar-refractivity contribution in [2.24, 2.45) is 0 Å². The molecule has 20 heavy (non-hydrogen) atoms. The molecule has 1 aromatic heterocycles. The van der Waals surface area contributed by atoms with Crippen molar-refractivity contribution in [1.29, 1.82) is 0 Å². The first-order valence-electron chi connectivity index (χ1n) is 6.63. The molecule has 0 aliphatic carbocycles. The van der Waals surface area contributed by atoms with Crippen LogP contribution in [-0.2, 0) is 12.8 Å². The third kappa shape index (κ3) is 3.10. The van der Waals surface area contributed by atoms with Crippen molar-refractivity contribution < 1.29 is 4.74 Å². The number of nitrogens with zero attached hydrogens (tertiary/aromatic N) is 2. The number of anilines is 2. The van der Waals surface area contributed by atoms with E-state index in [-0.39, 0.29) is 0 Å². The molecule has 5 heteroatoms. The smallest absolute Gasteiger partial charge is 0.232 e. The van der Waals surface area contributed by atoms with Gasteiger partial charge in [-0.3, -0.25) is 0 Å². The number of benzene rings is 1. The van der Waals surface area contributed by atoms with Gasteiger partial charge in [0.25, 0.3) is 0 Å². The van der Waals surface area contributed by atoms with Crippen molar-refractivity contribution in [3.05, 3.63) is 40.0 Å². The molecule has 1 heterocycles. The number of aryl methyl sites for hydroxylation is 2. The fourth-order valence-corrected chi connectivity index (χ4v) is 2.42. The first-order valence-corrected chi connectivity index (χ1v) is 7.43. The van der Waals surface area contributed by atoms with E-state index in [1.165, 1.54) is 11.1 Å². The Labute approximate surface area is 127 Å². The maximum absolute atomic E-state index is 5.20. The largest absolute Gasteiger partial charge is 0.480 e. The number of methoxy groups -OCH3 is 1. The van der Waals surface area contributed by atoms with Crippen LogP contribution >= 0.6 is 15.9 Å². The van der Waals surface area contributed by atoms with Crippen molar-refractivity contribution in [2.45, 2.75) is 26.7 Å². The molecule has 0 aliphatic rings. The zero-order chi connectivity index (χ0) is 14.5. The Balaban J connectivity index is 2.39. The molecule has 0 aliphatic heterocycles. The number of ether oxygens (including phenoxy) is 1. The van der Waals surface area contributed by atoms with Gasteiger partial charge in [0, 0.05) is 5.69 Å². The summed E-state index contributed by atoms with van der Waals surface area (Å²) in [7, 11) is 1.59. The fraction of sp³-hybridized carbons (Fsp3) is 0.333. The van der Waals surface area contributed by atoms with Crippen LogP contribution in [0.4, 0.5) is 11.6 Å². The van der Waals surface area contributed by atoms with E-state index < -0.39 is 0 Å². The number of rotatable bonds is 5. The summed E-state index contributed by atoms with van der Waals surface area (Å²) in [6.45, 7) is 4.28. The molecule has 1 N–H and O–H groups in total. The average molecular weight is 336 g/mol. The quantitative estimate of drug-likeness (QED) is 0.892. The van der Waals surface area contributed by atoms with E-state index in [4.69, 9.17) is 4.74 Å². The molecule has 106 valence electrons. The lowest BCUT2D eigenvalue weighted by Crippen LogP contribution is -2.04. The van der Waals surface area contributed by atoms with Gasteiger partial charge >= 0.3 is 0 Å². The van der Waals surface area contributed by atoms with Gasteiger partial charge in [-0.25, -0.2) is 4.98 Å². The Hall–Kier alpha value is -1.62. The topological polar surface area (TPSA) is 47.0 Å². The van der Waals surface area contributed by atoms with Gasteiger partial charge in [-0.2, -0.15) is 4.98 Å². The Morgan fingerprint density at radius 1 is 1.20 bits per heavy atom. The molecule has 1 aromatic carbocycles. The van der Waals surface area contributed by atoms with E-state index in [2.05, 4.69) is 63.3 Å². The van der Waals surface area contributed by atoms with Crippen molar-refractivity contribution in [2.75, 3.05) is 12.4 Å². The summed E-state index contributed by atoms with van der Waals surface area (Å²) in [6.07, 6.45) is 3.61. The molecule has 2 aromatic rings. The number of nitrogens with one attached hydrogen (secondary N) is 1. The number of hydrogen-bond donors (Lipinski definition) is 1. The predicted molar refractivity (Wildman–Crippen MR) is 84.8 cm³/mol. The Kier molecular flexibility index (Phi) is 4.95. The summed E-state index contributed by atoms with van der Waals surface area (Å²) >= 11 is 3.35. The number of hydrogen-bond acceptors (Lipinski definition) is 4. The van der Waals surface area contributed by atoms with E-state index >= 15 is 0 Å². The molecular formula is C15H18BrN3O. The fourth-order valence-electron chi connectivity index (χ4n) is 2.07. The molecule has 0 spiro atoms. The van der Waals surface area contributed by atoms with Crippen molar-refractivity contribution in [3.8, 4) is 5.88 Å². The van der Waals surface area contributed by atoms with E-state index in [0.717, 1.165) is 23.0 Å². The van der Waals surface area contributed by atoms with Crippen molar-refractivity contribution in [1.82, 2.24) is 9.97 Å². The molecule has 0 saturated carbocycles. The van der Waals surface area contributed by atoms with Gasteiger partial charge in [-0.05, 0) is 39.9 Å². The van der Waals surface area contributed by atoms with Gasteiger partial charge in [0.15, 0.2) is 0 Å². The molecule has 2 rings (SSSR count). The zero-order valence-electron chi connectivity index (χ0n) is 11.9. The minimum absolute atomic E-state index is 0.523. The predicted octanol–water partition coefficient (Wildman–Crippen LogP) is 4.12. The highest BCUT2D eigenvalue weighted by atomic mass is 79.9. The Morgan fingerprint density at radius 3 is 2.40 bits per heavy atom. The van der Waals surface area contributed by atoms with Crippen LogP contribution in [0.2, 0.25) is 0 Å². The summed E-state index contributed by atoms with van der Waals surface area (Å²) in [5.41, 5.74) is 3.62. The van der Waals surface area contributed by atoms with Crippen LogP contribution in [0.3, 0.4) is 0 Å². The monoisotopic (exact) mass is 335 g/mol. The minimum Gasteiger partial charge on any atom is -0.480 e. The third-order valence-electron chi connectivity index (χ3n) is 3.14. The molecule has 4 nitrogen and oxygen atoms in total. The summed E-state index contributed by atoms with van der Waals surface area (Å²) in [4.78, 5) is 8.63. The number of para-hydroxylation sites is 1. The van der Waals surface area contributed by atoms with Crippen LogP contribution in [0.15, 0.2) is 28.9 Å². The van der Waals surface area contributed by atoms with Gasteiger partial charge in [-0.15, -0.1) is 0 Å². The molecule has 0 fully saturated rings. The normalized spacial score (nSPS) is 10.4. The average Bonchev–Trinajstić information content (AvgIpc) is 2.49. The second kappa shape index (κ2) is 6.70. The highest BCUT2D eigenvalue weighted by Gasteiger charge is 2.10. The van der Waals surface area contributed by atoms with Gasteiger partial charge in [0.1, 0.15) is 0 Å². The number of aromatic nitrogens is 2. The molecular weight excluding hydrogens is 318 g/mol. The van der Waals surface area contributed by atoms with Gasteiger partial charge in [0.2, 0.25) is 11.8 Å². The second-order valence-corrected chi connectivity index (χ2v) is 5.19. The highest BCUT2D eigenvalue weighted by Crippen LogP contribution is 2.27. The highest BCUT2D eigenvalue weighted by molar-refractivity contribution is 9.10. The van der Waals surface area contributed by atoms with Gasteiger partial charge in [-0.1, -0.05) is 32.0 Å². The standard InChI is InChI=1S/C15H18BrN3O/c1-4-10-7-6-8-11(5-2)13(10)18-15-17-9-12(16)14(19-15)20-3/h6-9H,4-5H2,1-3H3,(H,17,18,19). The molecule has 0 radical (unpaired) electrons. The van der Waals surface area contributed by atoms with E-state index in [9.17, 15) is 0 Å². The van der Waals surface area contributed by atoms with Crippen LogP contribution in [-0.4, -0.2) is 17.1 Å². The molecule has 0 bridgehead atoms. The summed E-state index contributed by atoms with van der Waals surface area (Å²) in [5.74, 6) is 1.06. The van der Waals surface area contributed by atoms with Gasteiger partial charge < -0.3 is 10.1 Å². The molecule has 0 amide bonds. The third-order valence-corrected chi connectivity index (χ3v) is 3.68. The Morgan fingerprint density at radius 2 is 1.85 bits per heavy atom. The minimum atomic E-state index is 0.523. The van der Waals surface area contributed by atoms with E-state index in [0.29, 0.717) is 11.8 Å². The first kappa shape index (κ1) is 14.8. The maximum Gasteiger partial charge on any atom is 0.232 e. The summed E-state index contributed by atoms with van der Waals surface area (Å²) < 4.78 is 5.94. The molecule has 0 unspecified atom stereocenters. The Bertz CT molecular complexity index is 579. The second-order valence-electron chi connectivity index (χ2n) is 4.33. The van der Waals surface area contributed by atoms with Crippen LogP contribution in [0, 0.1) is 0 Å². The van der Waals surface area contributed by atoms with Gasteiger partial charge in [0.05, 0.1) is 17.8 Å². The first-order chi connectivity index (χ1) is 9.69. The zero-order valence-corrected chi connectivity index (χ0v) is 13.5. The van der Waals surface area contributed by atoms with E-state index in [1.54, 1.807) is 13.3 Å². The summed E-state index contributed by atoms with van der Waals surface area (Å²) in [6, 6.07) is 6.33. The van der Waals surface area contributed by atoms with Crippen molar-refractivity contribution >= 4 is 27.6 Å². The lowest BCUT2D eigenvalue weighted by Gasteiger charge is -2.14. The number of halogens is 1. The van der Waals surface area contributed by atoms with Crippen molar-refractivity contribution in [3.63, 3.8) is 0 Å². The van der Waals surface area contributed by atoms with E-state index in [1.807, 2.05) is 0 Å². The van der Waals surface area contributed by atoms with Crippen LogP contribution in [0.1, 0.15) is 25.0 Å².